The first kappa shape index (κ1) is 11.2. The first-order chi connectivity index (χ1) is 7.20. The smallest absolute Gasteiger partial charge is 0.127 e. The van der Waals surface area contributed by atoms with Crippen LogP contribution in [-0.2, 0) is 4.74 Å². The molecule has 0 bridgehead atoms. The molecule has 82 valence electrons. The van der Waals surface area contributed by atoms with Gasteiger partial charge in [-0.3, -0.25) is 0 Å². The lowest BCUT2D eigenvalue weighted by atomic mass is 9.91. The molecule has 2 nitrogen and oxygen atoms in total. The van der Waals surface area contributed by atoms with Crippen LogP contribution in [0.25, 0.3) is 0 Å². The van der Waals surface area contributed by atoms with E-state index >= 15 is 0 Å². The second-order valence-electron chi connectivity index (χ2n) is 3.56. The van der Waals surface area contributed by atoms with Gasteiger partial charge in [0.15, 0.2) is 0 Å². The fourth-order valence-corrected chi connectivity index (χ4v) is 2.68. The molecule has 1 saturated carbocycles. The maximum atomic E-state index is 5.79. The summed E-state index contributed by atoms with van der Waals surface area (Å²) < 4.78 is 11.1. The van der Waals surface area contributed by atoms with Crippen LogP contribution in [0.15, 0.2) is 24.3 Å². The summed E-state index contributed by atoms with van der Waals surface area (Å²) >= 11 is 9.31. The molecule has 15 heavy (non-hydrogen) atoms. The van der Waals surface area contributed by atoms with Crippen molar-refractivity contribution in [2.75, 3.05) is 7.11 Å². The normalized spacial score (nSPS) is 29.7. The van der Waals surface area contributed by atoms with E-state index in [0.717, 1.165) is 17.2 Å². The molecule has 2 rings (SSSR count). The number of methoxy groups -OCH3 is 1. The number of alkyl halides is 1. The van der Waals surface area contributed by atoms with E-state index in [1.807, 2.05) is 24.3 Å². The van der Waals surface area contributed by atoms with Crippen molar-refractivity contribution < 1.29 is 9.47 Å². The molecule has 1 aliphatic carbocycles. The molecule has 3 atom stereocenters. The zero-order chi connectivity index (χ0) is 10.8. The van der Waals surface area contributed by atoms with Gasteiger partial charge in [0.1, 0.15) is 18.0 Å². The molecule has 1 fully saturated rings. The van der Waals surface area contributed by atoms with Gasteiger partial charge in [-0.05, 0) is 24.3 Å². The second-order valence-corrected chi connectivity index (χ2v) is 5.17. The number of ether oxygens (including phenoxy) is 2. The molecule has 0 aliphatic heterocycles. The van der Waals surface area contributed by atoms with Crippen LogP contribution < -0.4 is 4.74 Å². The molecule has 1 aliphatic rings. The first-order valence-corrected chi connectivity index (χ1v) is 6.09. The number of benzene rings is 1. The molecule has 0 amide bonds. The zero-order valence-corrected chi connectivity index (χ0v) is 10.7. The molecular weight excluding hydrogens is 279 g/mol. The van der Waals surface area contributed by atoms with Gasteiger partial charge in [-0.1, -0.05) is 27.5 Å². The molecule has 0 N–H and O–H groups in total. The van der Waals surface area contributed by atoms with Crippen molar-refractivity contribution in [1.82, 2.24) is 0 Å². The minimum Gasteiger partial charge on any atom is -0.488 e. The fourth-order valence-electron chi connectivity index (χ4n) is 1.63. The van der Waals surface area contributed by atoms with Gasteiger partial charge in [0, 0.05) is 23.4 Å². The van der Waals surface area contributed by atoms with Crippen molar-refractivity contribution in [2.45, 2.75) is 23.5 Å². The Morgan fingerprint density at radius 1 is 1.33 bits per heavy atom. The van der Waals surface area contributed by atoms with Crippen molar-refractivity contribution in [3.8, 4) is 5.75 Å². The van der Waals surface area contributed by atoms with Crippen LogP contribution in [0, 0.1) is 0 Å². The third-order valence-electron chi connectivity index (χ3n) is 2.55. The lowest BCUT2D eigenvalue weighted by molar-refractivity contribution is -0.0544. The average molecular weight is 292 g/mol. The summed E-state index contributed by atoms with van der Waals surface area (Å²) in [5.41, 5.74) is 0. The van der Waals surface area contributed by atoms with Crippen molar-refractivity contribution in [1.29, 1.82) is 0 Å². The lowest BCUT2D eigenvalue weighted by Gasteiger charge is -2.40. The maximum Gasteiger partial charge on any atom is 0.127 e. The Bertz CT molecular complexity index is 328. The van der Waals surface area contributed by atoms with Gasteiger partial charge in [-0.25, -0.2) is 0 Å². The van der Waals surface area contributed by atoms with Crippen LogP contribution in [0.4, 0.5) is 0 Å². The Morgan fingerprint density at radius 3 is 2.53 bits per heavy atom. The van der Waals surface area contributed by atoms with Crippen LogP contribution in [0.2, 0.25) is 5.02 Å². The van der Waals surface area contributed by atoms with Crippen molar-refractivity contribution in [2.24, 2.45) is 0 Å². The third-order valence-corrected chi connectivity index (χ3v) is 3.70. The van der Waals surface area contributed by atoms with Crippen LogP contribution in [-0.4, -0.2) is 24.1 Å². The van der Waals surface area contributed by atoms with Gasteiger partial charge in [-0.15, -0.1) is 0 Å². The molecule has 0 saturated heterocycles. The number of hydrogen-bond donors (Lipinski definition) is 0. The summed E-state index contributed by atoms with van der Waals surface area (Å²) in [6.45, 7) is 0. The van der Waals surface area contributed by atoms with E-state index in [-0.39, 0.29) is 12.2 Å². The molecule has 0 radical (unpaired) electrons. The molecule has 3 unspecified atom stereocenters. The summed E-state index contributed by atoms with van der Waals surface area (Å²) in [6.07, 6.45) is 1.25. The van der Waals surface area contributed by atoms with E-state index in [1.54, 1.807) is 7.11 Å². The van der Waals surface area contributed by atoms with Gasteiger partial charge in [0.25, 0.3) is 0 Å². The summed E-state index contributed by atoms with van der Waals surface area (Å²) in [5, 5.41) is 0.720. The summed E-state index contributed by atoms with van der Waals surface area (Å²) in [6, 6.07) is 7.39. The van der Waals surface area contributed by atoms with E-state index in [0.29, 0.717) is 4.83 Å². The summed E-state index contributed by atoms with van der Waals surface area (Å²) in [7, 11) is 1.70. The zero-order valence-electron chi connectivity index (χ0n) is 8.32. The Labute approximate surface area is 103 Å². The van der Waals surface area contributed by atoms with E-state index in [2.05, 4.69) is 15.9 Å². The predicted octanol–water partition coefficient (Wildman–Crippen LogP) is 3.27. The minimum absolute atomic E-state index is 0.139. The Morgan fingerprint density at radius 2 is 2.00 bits per heavy atom. The van der Waals surface area contributed by atoms with Crippen LogP contribution in [0.3, 0.4) is 0 Å². The summed E-state index contributed by atoms with van der Waals surface area (Å²) in [5.74, 6) is 0.839. The van der Waals surface area contributed by atoms with E-state index in [1.165, 1.54) is 0 Å². The number of hydrogen-bond acceptors (Lipinski definition) is 2. The van der Waals surface area contributed by atoms with Gasteiger partial charge in [-0.2, -0.15) is 0 Å². The number of rotatable bonds is 3. The van der Waals surface area contributed by atoms with Gasteiger partial charge < -0.3 is 9.47 Å². The quantitative estimate of drug-likeness (QED) is 0.796. The molecule has 0 heterocycles. The maximum absolute atomic E-state index is 5.79. The Hall–Kier alpha value is -0.250. The van der Waals surface area contributed by atoms with Gasteiger partial charge in [0.05, 0.1) is 0 Å². The molecule has 4 heteroatoms. The van der Waals surface area contributed by atoms with E-state index < -0.39 is 0 Å². The molecular formula is C11H12BrClO2. The Balaban J connectivity index is 1.95. The van der Waals surface area contributed by atoms with E-state index in [9.17, 15) is 0 Å². The molecule has 1 aromatic carbocycles. The van der Waals surface area contributed by atoms with Crippen LogP contribution in [0.5, 0.6) is 5.75 Å². The monoisotopic (exact) mass is 290 g/mol. The first-order valence-electron chi connectivity index (χ1n) is 4.80. The highest BCUT2D eigenvalue weighted by molar-refractivity contribution is 9.09. The molecule has 0 spiro atoms. The average Bonchev–Trinajstić information content (AvgIpc) is 2.21. The minimum atomic E-state index is 0.139. The highest BCUT2D eigenvalue weighted by atomic mass is 79.9. The van der Waals surface area contributed by atoms with E-state index in [4.69, 9.17) is 21.1 Å². The summed E-state index contributed by atoms with van der Waals surface area (Å²) in [4.78, 5) is 0.403. The highest BCUT2D eigenvalue weighted by Gasteiger charge is 2.41. The highest BCUT2D eigenvalue weighted by Crippen LogP contribution is 2.33. The fraction of sp³-hybridized carbons (Fsp3) is 0.455. The molecule has 1 aromatic rings. The van der Waals surface area contributed by atoms with Crippen LogP contribution in [0.1, 0.15) is 6.42 Å². The molecule has 0 aromatic heterocycles. The lowest BCUT2D eigenvalue weighted by Crippen LogP contribution is -2.51. The topological polar surface area (TPSA) is 18.5 Å². The van der Waals surface area contributed by atoms with Crippen molar-refractivity contribution in [3.63, 3.8) is 0 Å². The SMILES string of the molecule is COC1C(Br)CC1Oc1ccc(Cl)cc1. The predicted molar refractivity (Wildman–Crippen MR) is 64.0 cm³/mol. The number of halogens is 2. The van der Waals surface area contributed by atoms with Crippen molar-refractivity contribution >= 4 is 27.5 Å². The van der Waals surface area contributed by atoms with Crippen LogP contribution >= 0.6 is 27.5 Å². The second kappa shape index (κ2) is 4.73. The largest absolute Gasteiger partial charge is 0.488 e. The third kappa shape index (κ3) is 2.47. The standard InChI is InChI=1S/C11H12BrClO2/c1-14-11-9(12)6-10(11)15-8-4-2-7(13)3-5-8/h2-5,9-11H,6H2,1H3. The van der Waals surface area contributed by atoms with Gasteiger partial charge in [0.2, 0.25) is 0 Å². The van der Waals surface area contributed by atoms with Crippen molar-refractivity contribution in [3.05, 3.63) is 29.3 Å². The Kier molecular flexibility index (Phi) is 3.54. The van der Waals surface area contributed by atoms with Gasteiger partial charge >= 0.3 is 0 Å².